The smallest absolute Gasteiger partial charge is 0.311 e. The molecule has 1 rings (SSSR count). The summed E-state index contributed by atoms with van der Waals surface area (Å²) in [6.45, 7) is 7.38. The third kappa shape index (κ3) is 5.90. The van der Waals surface area contributed by atoms with Gasteiger partial charge in [0.1, 0.15) is 15.9 Å². The largest absolute Gasteiger partial charge is 0.744 e. The third-order valence-electron chi connectivity index (χ3n) is 3.32. The van der Waals surface area contributed by atoms with Crippen LogP contribution in [0.15, 0.2) is 22.3 Å². The first-order valence-electron chi connectivity index (χ1n) is 7.16. The summed E-state index contributed by atoms with van der Waals surface area (Å²) < 4.78 is 39.4. The topological polar surface area (TPSA) is 120 Å². The van der Waals surface area contributed by atoms with Crippen LogP contribution in [0.1, 0.15) is 59.8 Å². The molecular formula is C15H27NO5S. The number of unbranched alkanes of at least 4 members (excludes halogenated alkanes) is 2. The summed E-state index contributed by atoms with van der Waals surface area (Å²) in [5.41, 5.74) is 0.162. The summed E-state index contributed by atoms with van der Waals surface area (Å²) in [6, 6.07) is 0. The molecule has 0 bridgehead atoms. The van der Waals surface area contributed by atoms with Crippen molar-refractivity contribution in [1.82, 2.24) is 6.15 Å². The van der Waals surface area contributed by atoms with E-state index in [0.717, 1.165) is 12.8 Å². The fourth-order valence-corrected chi connectivity index (χ4v) is 3.36. The van der Waals surface area contributed by atoms with Crippen LogP contribution in [0.3, 0.4) is 0 Å². The maximum absolute atomic E-state index is 11.8. The molecule has 6 nitrogen and oxygen atoms in total. The molecule has 0 aromatic heterocycles. The molecule has 0 unspecified atom stereocenters. The Morgan fingerprint density at radius 1 is 1.36 bits per heavy atom. The molecule has 7 heteroatoms. The molecule has 1 aliphatic carbocycles. The first kappa shape index (κ1) is 20.8. The Labute approximate surface area is 133 Å². The lowest BCUT2D eigenvalue weighted by Crippen LogP contribution is -2.22. The molecule has 1 aliphatic rings. The van der Waals surface area contributed by atoms with Crippen molar-refractivity contribution >= 4 is 16.1 Å². The molecule has 0 radical (unpaired) electrons. The van der Waals surface area contributed by atoms with Crippen LogP contribution >= 0.6 is 0 Å². The summed E-state index contributed by atoms with van der Waals surface area (Å²) in [5, 5.41) is 0. The predicted molar refractivity (Wildman–Crippen MR) is 85.1 cm³/mol. The monoisotopic (exact) mass is 333 g/mol. The Balaban J connectivity index is 0.00000441. The molecule has 4 N–H and O–H groups in total. The van der Waals surface area contributed by atoms with Crippen molar-refractivity contribution in [3.8, 4) is 0 Å². The minimum atomic E-state index is -4.67. The molecule has 0 atom stereocenters. The Bertz CT molecular complexity index is 573. The maximum atomic E-state index is 11.8. The van der Waals surface area contributed by atoms with Gasteiger partial charge in [-0.05, 0) is 30.8 Å². The molecule has 0 heterocycles. The quantitative estimate of drug-likeness (QED) is 0.452. The second-order valence-electron chi connectivity index (χ2n) is 6.17. The molecule has 0 saturated heterocycles. The minimum Gasteiger partial charge on any atom is -0.744 e. The molecular weight excluding hydrogens is 306 g/mol. The zero-order valence-corrected chi connectivity index (χ0v) is 14.9. The van der Waals surface area contributed by atoms with Crippen LogP contribution in [0, 0.1) is 5.41 Å². The van der Waals surface area contributed by atoms with Crippen LogP contribution in [0.4, 0.5) is 0 Å². The van der Waals surface area contributed by atoms with Gasteiger partial charge >= 0.3 is 5.97 Å². The van der Waals surface area contributed by atoms with Gasteiger partial charge in [0.25, 0.3) is 0 Å². The third-order valence-corrected chi connectivity index (χ3v) is 4.17. The number of quaternary nitrogens is 1. The van der Waals surface area contributed by atoms with E-state index in [2.05, 4.69) is 0 Å². The van der Waals surface area contributed by atoms with Gasteiger partial charge in [-0.25, -0.2) is 8.42 Å². The molecule has 0 aliphatic heterocycles. The molecule has 0 spiro atoms. The SMILES string of the molecule is CCCCCC(=O)OC1=C(C)CC(C)(C)C=C1S(=O)(=O)[O-].[NH4+]. The first-order valence-corrected chi connectivity index (χ1v) is 8.57. The normalized spacial score (nSPS) is 17.6. The molecule has 0 aromatic rings. The molecule has 22 heavy (non-hydrogen) atoms. The maximum Gasteiger partial charge on any atom is 0.311 e. The Hall–Kier alpha value is -1.18. The number of allylic oxidation sites excluding steroid dienone is 2. The van der Waals surface area contributed by atoms with Crippen LogP contribution in [0.25, 0.3) is 0 Å². The van der Waals surface area contributed by atoms with E-state index >= 15 is 0 Å². The Morgan fingerprint density at radius 2 is 1.95 bits per heavy atom. The van der Waals surface area contributed by atoms with Gasteiger partial charge in [-0.3, -0.25) is 4.79 Å². The van der Waals surface area contributed by atoms with Crippen molar-refractivity contribution in [3.63, 3.8) is 0 Å². The van der Waals surface area contributed by atoms with Gasteiger partial charge in [-0.1, -0.05) is 39.7 Å². The van der Waals surface area contributed by atoms with Crippen LogP contribution in [0.5, 0.6) is 0 Å². The van der Waals surface area contributed by atoms with Crippen molar-refractivity contribution < 1.29 is 22.5 Å². The van der Waals surface area contributed by atoms with E-state index in [-0.39, 0.29) is 18.3 Å². The van der Waals surface area contributed by atoms with Crippen molar-refractivity contribution in [3.05, 3.63) is 22.3 Å². The second kappa shape index (κ2) is 7.89. The Morgan fingerprint density at radius 3 is 2.45 bits per heavy atom. The summed E-state index contributed by atoms with van der Waals surface area (Å²) in [7, 11) is -4.67. The number of hydrogen-bond donors (Lipinski definition) is 1. The summed E-state index contributed by atoms with van der Waals surface area (Å²) in [6.07, 6.45) is 4.73. The zero-order valence-electron chi connectivity index (χ0n) is 14.1. The van der Waals surface area contributed by atoms with Gasteiger partial charge in [-0.2, -0.15) is 0 Å². The predicted octanol–water partition coefficient (Wildman–Crippen LogP) is 3.62. The van der Waals surface area contributed by atoms with E-state index < -0.39 is 26.4 Å². The molecule has 0 fully saturated rings. The van der Waals surface area contributed by atoms with E-state index in [4.69, 9.17) is 4.74 Å². The number of carbonyl (C=O) groups excluding carboxylic acids is 1. The highest BCUT2D eigenvalue weighted by atomic mass is 32.2. The highest BCUT2D eigenvalue weighted by Gasteiger charge is 2.30. The van der Waals surface area contributed by atoms with Crippen molar-refractivity contribution in [2.75, 3.05) is 0 Å². The van der Waals surface area contributed by atoms with Gasteiger partial charge in [0, 0.05) is 6.42 Å². The van der Waals surface area contributed by atoms with E-state index in [0.29, 0.717) is 18.4 Å². The van der Waals surface area contributed by atoms with E-state index in [1.807, 2.05) is 20.8 Å². The van der Waals surface area contributed by atoms with Crippen molar-refractivity contribution in [2.45, 2.75) is 59.8 Å². The van der Waals surface area contributed by atoms with Crippen molar-refractivity contribution in [2.24, 2.45) is 5.41 Å². The highest BCUT2D eigenvalue weighted by Crippen LogP contribution is 2.39. The van der Waals surface area contributed by atoms with Crippen LogP contribution in [0.2, 0.25) is 0 Å². The lowest BCUT2D eigenvalue weighted by Gasteiger charge is -2.30. The Kier molecular flexibility index (Phi) is 7.47. The standard InChI is InChI=1S/C15H24O5S.H3N/c1-5-6-7-8-13(16)20-14-11(2)9-15(3,4)10-12(14)21(17,18)19;/h10H,5-9H2,1-4H3,(H,17,18,19);1H3. The molecule has 0 saturated carbocycles. The number of ether oxygens (including phenoxy) is 1. The van der Waals surface area contributed by atoms with Gasteiger partial charge in [0.05, 0.1) is 4.91 Å². The highest BCUT2D eigenvalue weighted by molar-refractivity contribution is 7.90. The van der Waals surface area contributed by atoms with E-state index in [9.17, 15) is 17.8 Å². The van der Waals surface area contributed by atoms with Gasteiger partial charge < -0.3 is 15.4 Å². The average Bonchev–Trinajstić information content (AvgIpc) is 2.30. The molecule has 0 amide bonds. The fourth-order valence-electron chi connectivity index (χ4n) is 2.45. The summed E-state index contributed by atoms with van der Waals surface area (Å²) in [5.74, 6) is -0.571. The lowest BCUT2D eigenvalue weighted by atomic mass is 9.82. The van der Waals surface area contributed by atoms with Gasteiger partial charge in [-0.15, -0.1) is 0 Å². The van der Waals surface area contributed by atoms with Crippen LogP contribution in [-0.4, -0.2) is 18.9 Å². The van der Waals surface area contributed by atoms with E-state index in [1.54, 1.807) is 6.92 Å². The van der Waals surface area contributed by atoms with Crippen molar-refractivity contribution in [1.29, 1.82) is 0 Å². The number of esters is 1. The van der Waals surface area contributed by atoms with Crippen LogP contribution in [-0.2, 0) is 19.6 Å². The number of hydrogen-bond acceptors (Lipinski definition) is 5. The number of rotatable bonds is 6. The minimum absolute atomic E-state index is 0. The van der Waals surface area contributed by atoms with Gasteiger partial charge in [0.2, 0.25) is 0 Å². The van der Waals surface area contributed by atoms with Gasteiger partial charge in [0.15, 0.2) is 0 Å². The summed E-state index contributed by atoms with van der Waals surface area (Å²) in [4.78, 5) is 11.4. The average molecular weight is 333 g/mol. The fraction of sp³-hybridized carbons (Fsp3) is 0.667. The second-order valence-corrected chi connectivity index (χ2v) is 7.52. The van der Waals surface area contributed by atoms with E-state index in [1.165, 1.54) is 6.08 Å². The lowest BCUT2D eigenvalue weighted by molar-refractivity contribution is -0.139. The summed E-state index contributed by atoms with van der Waals surface area (Å²) >= 11 is 0. The van der Waals surface area contributed by atoms with Crippen LogP contribution < -0.4 is 6.15 Å². The first-order chi connectivity index (χ1) is 9.57. The molecule has 128 valence electrons. The zero-order chi connectivity index (χ0) is 16.3. The molecule has 0 aromatic carbocycles. The number of carbonyl (C=O) groups is 1.